The van der Waals surface area contributed by atoms with Crippen molar-refractivity contribution in [1.82, 2.24) is 15.2 Å². The largest absolute Gasteiger partial charge is 0.497 e. The molecule has 0 unspecified atom stereocenters. The van der Waals surface area contributed by atoms with Gasteiger partial charge in [-0.3, -0.25) is 5.10 Å². The van der Waals surface area contributed by atoms with Crippen LogP contribution in [0.1, 0.15) is 25.7 Å². The van der Waals surface area contributed by atoms with E-state index >= 15 is 0 Å². The summed E-state index contributed by atoms with van der Waals surface area (Å²) in [6, 6.07) is 20.9. The Hall–Kier alpha value is -3.89. The molecule has 0 amide bonds. The van der Waals surface area contributed by atoms with Gasteiger partial charge in [0.05, 0.1) is 28.7 Å². The summed E-state index contributed by atoms with van der Waals surface area (Å²) in [7, 11) is -2.15. The van der Waals surface area contributed by atoms with Crippen LogP contribution in [0.5, 0.6) is 5.75 Å². The number of benzene rings is 2. The molecule has 192 valence electrons. The van der Waals surface area contributed by atoms with Gasteiger partial charge in [0.25, 0.3) is 0 Å². The molecule has 37 heavy (non-hydrogen) atoms. The van der Waals surface area contributed by atoms with Gasteiger partial charge in [0, 0.05) is 18.2 Å². The van der Waals surface area contributed by atoms with Crippen molar-refractivity contribution in [2.24, 2.45) is 0 Å². The van der Waals surface area contributed by atoms with Gasteiger partial charge in [-0.1, -0.05) is 18.2 Å². The second-order valence-electron chi connectivity index (χ2n) is 9.06. The summed E-state index contributed by atoms with van der Waals surface area (Å²) in [5.41, 5.74) is 1.72. The van der Waals surface area contributed by atoms with E-state index in [4.69, 9.17) is 4.74 Å². The Morgan fingerprint density at radius 1 is 0.892 bits per heavy atom. The molecule has 9 nitrogen and oxygen atoms in total. The number of rotatable bonds is 8. The lowest BCUT2D eigenvalue weighted by atomic mass is 9.93. The predicted molar refractivity (Wildman–Crippen MR) is 142 cm³/mol. The Labute approximate surface area is 215 Å². The summed E-state index contributed by atoms with van der Waals surface area (Å²) in [5.74, 6) is 2.06. The van der Waals surface area contributed by atoms with Crippen molar-refractivity contribution in [3.63, 3.8) is 0 Å². The number of nitrogens with zero attached hydrogens (tertiary/aromatic N) is 2. The van der Waals surface area contributed by atoms with Gasteiger partial charge in [0.1, 0.15) is 17.4 Å². The van der Waals surface area contributed by atoms with E-state index in [2.05, 4.69) is 25.8 Å². The van der Waals surface area contributed by atoms with Crippen molar-refractivity contribution in [3.8, 4) is 17.0 Å². The molecule has 4 N–H and O–H groups in total. The smallest absolute Gasteiger partial charge is 0.206 e. The van der Waals surface area contributed by atoms with Crippen LogP contribution in [0.3, 0.4) is 0 Å². The summed E-state index contributed by atoms with van der Waals surface area (Å²) < 4.78 is 32.1. The second kappa shape index (κ2) is 10.6. The minimum Gasteiger partial charge on any atom is -0.497 e. The Morgan fingerprint density at radius 3 is 2.30 bits per heavy atom. The highest BCUT2D eigenvalue weighted by atomic mass is 32.2. The van der Waals surface area contributed by atoms with Crippen molar-refractivity contribution in [2.75, 3.05) is 17.7 Å². The molecule has 1 aliphatic carbocycles. The SMILES string of the molecule is COc1ccc(-c2cc(Nc3cc(S(=O)(=O)c4ccccc4)cc(N[C@H]4CC[C@H](O)CC4)n3)n[nH]2)cc1. The number of aliphatic hydroxyl groups is 1. The number of anilines is 3. The normalized spacial score (nSPS) is 17.8. The van der Waals surface area contributed by atoms with Crippen LogP contribution < -0.4 is 15.4 Å². The molecule has 5 rings (SSSR count). The fourth-order valence-corrected chi connectivity index (χ4v) is 5.72. The molecule has 2 aromatic carbocycles. The molecular weight excluding hydrogens is 490 g/mol. The number of methoxy groups -OCH3 is 1. The number of aromatic amines is 1. The number of H-pyrrole nitrogens is 1. The quantitative estimate of drug-likeness (QED) is 0.262. The van der Waals surface area contributed by atoms with Crippen molar-refractivity contribution >= 4 is 27.3 Å². The van der Waals surface area contributed by atoms with Crippen LogP contribution in [-0.4, -0.2) is 48.0 Å². The lowest BCUT2D eigenvalue weighted by molar-refractivity contribution is 0.126. The molecule has 1 fully saturated rings. The topological polar surface area (TPSA) is 129 Å². The average Bonchev–Trinajstić information content (AvgIpc) is 3.39. The molecule has 2 heterocycles. The van der Waals surface area contributed by atoms with Gasteiger partial charge in [-0.15, -0.1) is 0 Å². The molecule has 1 saturated carbocycles. The highest BCUT2D eigenvalue weighted by molar-refractivity contribution is 7.91. The van der Waals surface area contributed by atoms with Crippen LogP contribution in [0.2, 0.25) is 0 Å². The molecule has 0 aliphatic heterocycles. The molecule has 2 aromatic heterocycles. The summed E-state index contributed by atoms with van der Waals surface area (Å²) in [6.45, 7) is 0. The van der Waals surface area contributed by atoms with E-state index in [9.17, 15) is 13.5 Å². The third kappa shape index (κ3) is 5.76. The standard InChI is InChI=1S/C27H29N5O4S/c1-36-21-13-7-18(8-14-21)24-17-27(32-31-24)30-26-16-23(37(34,35)22-5-3-2-4-6-22)15-25(29-26)28-19-9-11-20(33)12-10-19/h2-8,13-17,19-20,33H,9-12H2,1H3,(H3,28,29,30,31,32)/t19-,20-. The number of pyridine rings is 1. The number of nitrogens with one attached hydrogen (secondary N) is 3. The third-order valence-corrected chi connectivity index (χ3v) is 8.20. The Kier molecular flexibility index (Phi) is 7.11. The van der Waals surface area contributed by atoms with Crippen molar-refractivity contribution in [3.05, 3.63) is 72.8 Å². The predicted octanol–water partition coefficient (Wildman–Crippen LogP) is 4.77. The Balaban J connectivity index is 1.44. The average molecular weight is 520 g/mol. The van der Waals surface area contributed by atoms with Crippen LogP contribution in [0.15, 0.2) is 82.6 Å². The van der Waals surface area contributed by atoms with E-state index in [1.54, 1.807) is 43.5 Å². The zero-order valence-electron chi connectivity index (χ0n) is 20.4. The molecule has 0 radical (unpaired) electrons. The summed E-state index contributed by atoms with van der Waals surface area (Å²) >= 11 is 0. The molecule has 0 saturated heterocycles. The molecule has 4 aromatic rings. The maximum Gasteiger partial charge on any atom is 0.206 e. The molecule has 0 spiro atoms. The van der Waals surface area contributed by atoms with E-state index in [0.29, 0.717) is 30.3 Å². The Bertz CT molecular complexity index is 1450. The third-order valence-electron chi connectivity index (χ3n) is 6.45. The first-order valence-electron chi connectivity index (χ1n) is 12.1. The summed E-state index contributed by atoms with van der Waals surface area (Å²) in [4.78, 5) is 4.97. The first-order chi connectivity index (χ1) is 17.9. The van der Waals surface area contributed by atoms with Gasteiger partial charge in [0.2, 0.25) is 9.84 Å². The summed E-state index contributed by atoms with van der Waals surface area (Å²) in [5, 5.41) is 23.7. The zero-order chi connectivity index (χ0) is 25.8. The van der Waals surface area contributed by atoms with E-state index in [1.165, 1.54) is 6.07 Å². The summed E-state index contributed by atoms with van der Waals surface area (Å²) in [6.07, 6.45) is 2.68. The van der Waals surface area contributed by atoms with Crippen molar-refractivity contribution in [1.29, 1.82) is 0 Å². The van der Waals surface area contributed by atoms with E-state index < -0.39 is 9.84 Å². The minimum absolute atomic E-state index is 0.102. The molecule has 0 bridgehead atoms. The molecule has 1 aliphatic rings. The number of sulfone groups is 1. The second-order valence-corrected chi connectivity index (χ2v) is 11.0. The zero-order valence-corrected chi connectivity index (χ0v) is 21.2. The fourth-order valence-electron chi connectivity index (χ4n) is 4.40. The monoisotopic (exact) mass is 519 g/mol. The van der Waals surface area contributed by atoms with Crippen LogP contribution >= 0.6 is 0 Å². The number of ether oxygens (including phenoxy) is 1. The lowest BCUT2D eigenvalue weighted by Crippen LogP contribution is -2.28. The van der Waals surface area contributed by atoms with Crippen LogP contribution in [0.25, 0.3) is 11.3 Å². The van der Waals surface area contributed by atoms with Crippen molar-refractivity contribution < 1.29 is 18.3 Å². The van der Waals surface area contributed by atoms with Gasteiger partial charge in [-0.25, -0.2) is 13.4 Å². The van der Waals surface area contributed by atoms with Gasteiger partial charge in [-0.2, -0.15) is 5.10 Å². The fraction of sp³-hybridized carbons (Fsp3) is 0.259. The molecule has 10 heteroatoms. The van der Waals surface area contributed by atoms with E-state index in [0.717, 1.165) is 29.8 Å². The van der Waals surface area contributed by atoms with Gasteiger partial charge < -0.3 is 20.5 Å². The lowest BCUT2D eigenvalue weighted by Gasteiger charge is -2.26. The van der Waals surface area contributed by atoms with Crippen LogP contribution in [0, 0.1) is 0 Å². The highest BCUT2D eigenvalue weighted by Crippen LogP contribution is 2.29. The maximum atomic E-state index is 13.4. The van der Waals surface area contributed by atoms with Crippen LogP contribution in [-0.2, 0) is 9.84 Å². The number of hydrogen-bond donors (Lipinski definition) is 4. The Morgan fingerprint density at radius 2 is 1.59 bits per heavy atom. The van der Waals surface area contributed by atoms with Gasteiger partial charge in [0.15, 0.2) is 5.82 Å². The number of aromatic nitrogens is 3. The number of hydrogen-bond acceptors (Lipinski definition) is 8. The van der Waals surface area contributed by atoms with Crippen molar-refractivity contribution in [2.45, 2.75) is 47.6 Å². The number of aliphatic hydroxyl groups excluding tert-OH is 1. The van der Waals surface area contributed by atoms with Gasteiger partial charge >= 0.3 is 0 Å². The van der Waals surface area contributed by atoms with E-state index in [1.807, 2.05) is 30.3 Å². The maximum absolute atomic E-state index is 13.4. The van der Waals surface area contributed by atoms with Gasteiger partial charge in [-0.05, 0) is 73.7 Å². The molecular formula is C27H29N5O4S. The highest BCUT2D eigenvalue weighted by Gasteiger charge is 2.23. The first-order valence-corrected chi connectivity index (χ1v) is 13.6. The van der Waals surface area contributed by atoms with Crippen LogP contribution in [0.4, 0.5) is 17.5 Å². The minimum atomic E-state index is -3.77. The van der Waals surface area contributed by atoms with E-state index in [-0.39, 0.29) is 21.9 Å². The first kappa shape index (κ1) is 24.8. The molecule has 0 atom stereocenters.